The van der Waals surface area contributed by atoms with E-state index in [2.05, 4.69) is 4.98 Å². The van der Waals surface area contributed by atoms with Crippen molar-refractivity contribution in [1.29, 1.82) is 0 Å². The van der Waals surface area contributed by atoms with Gasteiger partial charge in [0.2, 0.25) is 0 Å². The van der Waals surface area contributed by atoms with E-state index in [-0.39, 0.29) is 17.1 Å². The van der Waals surface area contributed by atoms with Crippen molar-refractivity contribution in [2.45, 2.75) is 26.3 Å². The Hall–Kier alpha value is -3.15. The van der Waals surface area contributed by atoms with E-state index < -0.39 is 0 Å². The minimum Gasteiger partial charge on any atom is -0.456 e. The summed E-state index contributed by atoms with van der Waals surface area (Å²) in [6.45, 7) is 2.51. The summed E-state index contributed by atoms with van der Waals surface area (Å²) in [5.74, 6) is 1.66. The number of carbonyl (C=O) groups excluding carboxylic acids is 1. The van der Waals surface area contributed by atoms with Crippen molar-refractivity contribution >= 4 is 5.91 Å². The molecule has 132 valence electrons. The van der Waals surface area contributed by atoms with E-state index in [9.17, 15) is 9.59 Å². The molecule has 0 spiro atoms. The minimum atomic E-state index is -0.302. The van der Waals surface area contributed by atoms with Crippen molar-refractivity contribution in [3.8, 4) is 0 Å². The molecule has 3 aromatic rings. The molecular weight excluding hydrogens is 332 g/mol. The Morgan fingerprint density at radius 3 is 2.77 bits per heavy atom. The van der Waals surface area contributed by atoms with Gasteiger partial charge in [-0.15, -0.1) is 0 Å². The SMILES string of the molecule is Cc1cc(=O)cc(C(=O)N2CCc3oc(Cc4ccccc4)nc3C2)o1. The first-order valence-electron chi connectivity index (χ1n) is 8.51. The van der Waals surface area contributed by atoms with Gasteiger partial charge in [0.25, 0.3) is 5.91 Å². The second-order valence-corrected chi connectivity index (χ2v) is 6.38. The lowest BCUT2D eigenvalue weighted by atomic mass is 10.1. The fourth-order valence-corrected chi connectivity index (χ4v) is 3.14. The van der Waals surface area contributed by atoms with Gasteiger partial charge >= 0.3 is 0 Å². The third kappa shape index (κ3) is 3.31. The van der Waals surface area contributed by atoms with Gasteiger partial charge in [-0.05, 0) is 12.5 Å². The fraction of sp³-hybridized carbons (Fsp3) is 0.250. The van der Waals surface area contributed by atoms with Crippen LogP contribution in [0.25, 0.3) is 0 Å². The van der Waals surface area contributed by atoms with E-state index in [1.807, 2.05) is 30.3 Å². The lowest BCUT2D eigenvalue weighted by Crippen LogP contribution is -2.36. The van der Waals surface area contributed by atoms with Crippen LogP contribution in [0.2, 0.25) is 0 Å². The average molecular weight is 350 g/mol. The molecule has 26 heavy (non-hydrogen) atoms. The van der Waals surface area contributed by atoms with E-state index in [0.717, 1.165) is 17.0 Å². The van der Waals surface area contributed by atoms with Gasteiger partial charge in [-0.3, -0.25) is 9.59 Å². The van der Waals surface area contributed by atoms with Crippen molar-refractivity contribution in [2.75, 3.05) is 6.54 Å². The number of aryl methyl sites for hydroxylation is 1. The number of oxazole rings is 1. The molecule has 0 bridgehead atoms. The second kappa shape index (κ2) is 6.63. The van der Waals surface area contributed by atoms with Gasteiger partial charge < -0.3 is 13.7 Å². The Morgan fingerprint density at radius 2 is 2.00 bits per heavy atom. The summed E-state index contributed by atoms with van der Waals surface area (Å²) in [4.78, 5) is 30.5. The summed E-state index contributed by atoms with van der Waals surface area (Å²) in [7, 11) is 0. The number of carbonyl (C=O) groups is 1. The number of aromatic nitrogens is 1. The summed E-state index contributed by atoms with van der Waals surface area (Å²) in [6, 6.07) is 12.6. The molecule has 0 saturated heterocycles. The zero-order valence-corrected chi connectivity index (χ0v) is 14.4. The molecule has 0 aliphatic carbocycles. The third-order valence-electron chi connectivity index (χ3n) is 4.36. The molecular formula is C20H18N2O4. The third-order valence-corrected chi connectivity index (χ3v) is 4.36. The number of nitrogens with zero attached hydrogens (tertiary/aromatic N) is 2. The normalized spacial score (nSPS) is 13.5. The Balaban J connectivity index is 1.52. The van der Waals surface area contributed by atoms with Crippen LogP contribution in [0.4, 0.5) is 0 Å². The molecule has 0 saturated carbocycles. The van der Waals surface area contributed by atoms with E-state index in [1.165, 1.54) is 12.1 Å². The number of rotatable bonds is 3. The maximum absolute atomic E-state index is 12.6. The van der Waals surface area contributed by atoms with Crippen molar-refractivity contribution in [2.24, 2.45) is 0 Å². The Labute approximate surface area is 150 Å². The summed E-state index contributed by atoms with van der Waals surface area (Å²) < 4.78 is 11.3. The molecule has 0 atom stereocenters. The standard InChI is InChI=1S/C20H18N2O4/c1-13-9-15(23)11-18(25-13)20(24)22-8-7-17-16(12-22)21-19(26-17)10-14-5-3-2-4-6-14/h2-6,9,11H,7-8,10,12H2,1H3. The molecule has 0 radical (unpaired) electrons. The van der Waals surface area contributed by atoms with Gasteiger partial charge in [0.15, 0.2) is 17.1 Å². The molecule has 4 rings (SSSR count). The molecule has 0 unspecified atom stereocenters. The minimum absolute atomic E-state index is 0.0615. The molecule has 6 nitrogen and oxygen atoms in total. The molecule has 3 heterocycles. The highest BCUT2D eigenvalue weighted by molar-refractivity contribution is 5.91. The largest absolute Gasteiger partial charge is 0.456 e. The smallest absolute Gasteiger partial charge is 0.290 e. The van der Waals surface area contributed by atoms with Crippen LogP contribution in [0.1, 0.15) is 39.2 Å². The van der Waals surface area contributed by atoms with Crippen LogP contribution in [0.3, 0.4) is 0 Å². The number of hydrogen-bond donors (Lipinski definition) is 0. The average Bonchev–Trinajstić information content (AvgIpc) is 3.02. The topological polar surface area (TPSA) is 76.6 Å². The Morgan fingerprint density at radius 1 is 1.19 bits per heavy atom. The first kappa shape index (κ1) is 16.3. The van der Waals surface area contributed by atoms with E-state index >= 15 is 0 Å². The van der Waals surface area contributed by atoms with Crippen molar-refractivity contribution in [3.05, 3.63) is 87.1 Å². The zero-order valence-electron chi connectivity index (χ0n) is 14.4. The highest BCUT2D eigenvalue weighted by atomic mass is 16.4. The highest BCUT2D eigenvalue weighted by Gasteiger charge is 2.27. The fourth-order valence-electron chi connectivity index (χ4n) is 3.14. The Bertz CT molecular complexity index is 1000. The van der Waals surface area contributed by atoms with Gasteiger partial charge in [0.05, 0.1) is 6.54 Å². The first-order chi connectivity index (χ1) is 12.6. The molecule has 1 aliphatic rings. The lowest BCUT2D eigenvalue weighted by molar-refractivity contribution is 0.0691. The molecule has 2 aromatic heterocycles. The van der Waals surface area contributed by atoms with Crippen LogP contribution in [-0.2, 0) is 19.4 Å². The lowest BCUT2D eigenvalue weighted by Gasteiger charge is -2.24. The summed E-state index contributed by atoms with van der Waals surface area (Å²) in [5.41, 5.74) is 1.66. The highest BCUT2D eigenvalue weighted by Crippen LogP contribution is 2.22. The number of fused-ring (bicyclic) bond motifs is 1. The van der Waals surface area contributed by atoms with Crippen LogP contribution in [-0.4, -0.2) is 22.3 Å². The van der Waals surface area contributed by atoms with Crippen LogP contribution in [0.5, 0.6) is 0 Å². The van der Waals surface area contributed by atoms with E-state index in [1.54, 1.807) is 11.8 Å². The first-order valence-corrected chi connectivity index (χ1v) is 8.51. The quantitative estimate of drug-likeness (QED) is 0.726. The maximum atomic E-state index is 12.6. The van der Waals surface area contributed by atoms with Crippen LogP contribution < -0.4 is 5.43 Å². The molecule has 6 heteroatoms. The predicted molar refractivity (Wildman–Crippen MR) is 93.9 cm³/mol. The summed E-state index contributed by atoms with van der Waals surface area (Å²) in [6.07, 6.45) is 1.22. The molecule has 0 fully saturated rings. The van der Waals surface area contributed by atoms with Gasteiger partial charge in [0, 0.05) is 31.5 Å². The Kier molecular flexibility index (Phi) is 4.16. The maximum Gasteiger partial charge on any atom is 0.290 e. The van der Waals surface area contributed by atoms with Gasteiger partial charge in [-0.2, -0.15) is 0 Å². The monoisotopic (exact) mass is 350 g/mol. The van der Waals surface area contributed by atoms with Crippen molar-refractivity contribution < 1.29 is 13.6 Å². The van der Waals surface area contributed by atoms with Crippen LogP contribution >= 0.6 is 0 Å². The second-order valence-electron chi connectivity index (χ2n) is 6.38. The van der Waals surface area contributed by atoms with Crippen LogP contribution in [0, 0.1) is 6.92 Å². The van der Waals surface area contributed by atoms with Crippen molar-refractivity contribution in [1.82, 2.24) is 9.88 Å². The van der Waals surface area contributed by atoms with Gasteiger partial charge in [-0.25, -0.2) is 4.98 Å². The molecule has 0 N–H and O–H groups in total. The van der Waals surface area contributed by atoms with E-state index in [4.69, 9.17) is 8.83 Å². The zero-order chi connectivity index (χ0) is 18.1. The molecule has 1 aliphatic heterocycles. The molecule has 1 aromatic carbocycles. The summed E-state index contributed by atoms with van der Waals surface area (Å²) in [5, 5.41) is 0. The summed E-state index contributed by atoms with van der Waals surface area (Å²) >= 11 is 0. The number of benzene rings is 1. The van der Waals surface area contributed by atoms with Crippen LogP contribution in [0.15, 0.2) is 56.1 Å². The van der Waals surface area contributed by atoms with Crippen molar-refractivity contribution in [3.63, 3.8) is 0 Å². The number of amides is 1. The predicted octanol–water partition coefficient (Wildman–Crippen LogP) is 2.73. The van der Waals surface area contributed by atoms with Gasteiger partial charge in [-0.1, -0.05) is 30.3 Å². The molecule has 1 amide bonds. The van der Waals surface area contributed by atoms with E-state index in [0.29, 0.717) is 37.6 Å². The number of hydrogen-bond acceptors (Lipinski definition) is 5. The van der Waals surface area contributed by atoms with Gasteiger partial charge in [0.1, 0.15) is 17.2 Å².